The van der Waals surface area contributed by atoms with Crippen LogP contribution in [0.15, 0.2) is 0 Å². The van der Waals surface area contributed by atoms with Crippen molar-refractivity contribution in [3.8, 4) is 0 Å². The van der Waals surface area contributed by atoms with Crippen LogP contribution in [0.3, 0.4) is 0 Å². The SMILES string of the molecule is CCC(C)C(N)C(=O)NCCN1CCOCC1.O=S(=O)(O)O.O=S(=O)(O)O. The summed E-state index contributed by atoms with van der Waals surface area (Å²) in [7, 11) is -9.33. The van der Waals surface area contributed by atoms with Gasteiger partial charge in [-0.25, -0.2) is 0 Å². The Labute approximate surface area is 159 Å². The molecule has 1 rings (SSSR count). The van der Waals surface area contributed by atoms with E-state index in [-0.39, 0.29) is 17.9 Å². The molecule has 1 fully saturated rings. The van der Waals surface area contributed by atoms with Crippen LogP contribution in [0.2, 0.25) is 0 Å². The molecule has 2 atom stereocenters. The number of hydrogen-bond donors (Lipinski definition) is 6. The van der Waals surface area contributed by atoms with Gasteiger partial charge in [-0.2, -0.15) is 16.8 Å². The first-order chi connectivity index (χ1) is 12.1. The molecule has 13 nitrogen and oxygen atoms in total. The van der Waals surface area contributed by atoms with Crippen LogP contribution in [0.25, 0.3) is 0 Å². The maximum Gasteiger partial charge on any atom is 0.394 e. The second-order valence-electron chi connectivity index (χ2n) is 5.55. The minimum atomic E-state index is -4.67. The number of amides is 1. The van der Waals surface area contributed by atoms with E-state index < -0.39 is 20.8 Å². The van der Waals surface area contributed by atoms with E-state index in [1.165, 1.54) is 0 Å². The van der Waals surface area contributed by atoms with E-state index in [4.69, 9.17) is 45.5 Å². The van der Waals surface area contributed by atoms with Crippen molar-refractivity contribution in [1.29, 1.82) is 0 Å². The smallest absolute Gasteiger partial charge is 0.379 e. The number of nitrogens with one attached hydrogen (secondary N) is 1. The second-order valence-corrected chi connectivity index (χ2v) is 7.34. The van der Waals surface area contributed by atoms with Crippen molar-refractivity contribution in [2.45, 2.75) is 26.3 Å². The van der Waals surface area contributed by atoms with Crippen molar-refractivity contribution in [2.75, 3.05) is 39.4 Å². The Morgan fingerprint density at radius 1 is 1.11 bits per heavy atom. The molecule has 0 radical (unpaired) electrons. The fourth-order valence-electron chi connectivity index (χ4n) is 1.79. The van der Waals surface area contributed by atoms with Crippen LogP contribution in [0, 0.1) is 5.92 Å². The van der Waals surface area contributed by atoms with E-state index >= 15 is 0 Å². The lowest BCUT2D eigenvalue weighted by atomic mass is 9.99. The monoisotopic (exact) mass is 439 g/mol. The van der Waals surface area contributed by atoms with Gasteiger partial charge in [-0.15, -0.1) is 0 Å². The van der Waals surface area contributed by atoms with Crippen molar-refractivity contribution in [1.82, 2.24) is 10.2 Å². The summed E-state index contributed by atoms with van der Waals surface area (Å²) >= 11 is 0. The summed E-state index contributed by atoms with van der Waals surface area (Å²) in [5, 5.41) is 2.90. The van der Waals surface area contributed by atoms with Crippen LogP contribution in [0.5, 0.6) is 0 Å². The van der Waals surface area contributed by atoms with Gasteiger partial charge in [0.05, 0.1) is 19.3 Å². The van der Waals surface area contributed by atoms with Gasteiger partial charge in [0.1, 0.15) is 0 Å². The van der Waals surface area contributed by atoms with Gasteiger partial charge in [0.2, 0.25) is 5.91 Å². The topological polar surface area (TPSA) is 217 Å². The Kier molecular flexibility index (Phi) is 14.8. The number of morpholine rings is 1. The molecule has 1 amide bonds. The normalized spacial score (nSPS) is 17.4. The molecule has 0 bridgehead atoms. The molecule has 2 unspecified atom stereocenters. The van der Waals surface area contributed by atoms with Gasteiger partial charge in [-0.3, -0.25) is 27.9 Å². The zero-order valence-corrected chi connectivity index (χ0v) is 16.8. The zero-order valence-electron chi connectivity index (χ0n) is 15.2. The Balaban J connectivity index is 0. The number of nitrogens with zero attached hydrogens (tertiary/aromatic N) is 1. The summed E-state index contributed by atoms with van der Waals surface area (Å²) in [6, 6.07) is -0.385. The van der Waals surface area contributed by atoms with Crippen LogP contribution in [-0.4, -0.2) is 91.3 Å². The third-order valence-corrected chi connectivity index (χ3v) is 3.39. The number of nitrogens with two attached hydrogens (primary N) is 1. The fraction of sp³-hybridized carbons (Fsp3) is 0.917. The molecule has 1 aliphatic rings. The van der Waals surface area contributed by atoms with Crippen molar-refractivity contribution >= 4 is 26.7 Å². The van der Waals surface area contributed by atoms with Gasteiger partial charge in [-0.1, -0.05) is 20.3 Å². The van der Waals surface area contributed by atoms with Gasteiger partial charge in [0, 0.05) is 26.2 Å². The molecule has 1 aliphatic heterocycles. The van der Waals surface area contributed by atoms with Crippen molar-refractivity contribution in [3.63, 3.8) is 0 Å². The lowest BCUT2D eigenvalue weighted by molar-refractivity contribution is -0.123. The van der Waals surface area contributed by atoms with Gasteiger partial charge in [0.25, 0.3) is 0 Å². The Morgan fingerprint density at radius 3 is 1.89 bits per heavy atom. The molecule has 0 spiro atoms. The van der Waals surface area contributed by atoms with Gasteiger partial charge in [0.15, 0.2) is 0 Å². The summed E-state index contributed by atoms with van der Waals surface area (Å²) in [6.07, 6.45) is 0.929. The molecule has 27 heavy (non-hydrogen) atoms. The molecular weight excluding hydrogens is 410 g/mol. The van der Waals surface area contributed by atoms with Gasteiger partial charge >= 0.3 is 20.8 Å². The molecule has 0 aromatic carbocycles. The fourth-order valence-corrected chi connectivity index (χ4v) is 1.79. The van der Waals surface area contributed by atoms with Crippen LogP contribution in [0.4, 0.5) is 0 Å². The largest absolute Gasteiger partial charge is 0.394 e. The van der Waals surface area contributed by atoms with E-state index in [1.54, 1.807) is 0 Å². The third-order valence-electron chi connectivity index (χ3n) is 3.39. The van der Waals surface area contributed by atoms with Crippen molar-refractivity contribution in [2.24, 2.45) is 11.7 Å². The molecule has 164 valence electrons. The van der Waals surface area contributed by atoms with Crippen LogP contribution < -0.4 is 11.1 Å². The standard InChI is InChI=1S/C12H25N3O2.2H2O4S/c1-3-10(2)11(13)12(16)14-4-5-15-6-8-17-9-7-15;2*1-5(2,3)4/h10-11H,3-9,13H2,1-2H3,(H,14,16);2*(H2,1,2,3,4). The number of carbonyl (C=O) groups excluding carboxylic acids is 1. The van der Waals surface area contributed by atoms with E-state index in [0.717, 1.165) is 39.3 Å². The maximum absolute atomic E-state index is 11.7. The molecule has 1 heterocycles. The quantitative estimate of drug-likeness (QED) is 0.261. The number of rotatable bonds is 6. The average Bonchev–Trinajstić information content (AvgIpc) is 2.51. The van der Waals surface area contributed by atoms with E-state index in [1.807, 2.05) is 13.8 Å². The molecular formula is C12H29N3O10S2. The predicted octanol–water partition coefficient (Wildman–Crippen LogP) is -1.50. The predicted molar refractivity (Wildman–Crippen MR) is 96.1 cm³/mol. The Morgan fingerprint density at radius 2 is 1.52 bits per heavy atom. The third kappa shape index (κ3) is 25.1. The highest BCUT2D eigenvalue weighted by Gasteiger charge is 2.19. The van der Waals surface area contributed by atoms with Gasteiger partial charge in [-0.05, 0) is 5.92 Å². The van der Waals surface area contributed by atoms with E-state index in [2.05, 4.69) is 10.2 Å². The highest BCUT2D eigenvalue weighted by molar-refractivity contribution is 7.80. The van der Waals surface area contributed by atoms with Gasteiger partial charge < -0.3 is 15.8 Å². The van der Waals surface area contributed by atoms with Crippen LogP contribution >= 0.6 is 0 Å². The van der Waals surface area contributed by atoms with Crippen LogP contribution in [0.1, 0.15) is 20.3 Å². The molecule has 7 N–H and O–H groups in total. The summed E-state index contributed by atoms with van der Waals surface area (Å²) in [5.74, 6) is 0.200. The zero-order chi connectivity index (χ0) is 21.7. The lowest BCUT2D eigenvalue weighted by Gasteiger charge is -2.27. The second kappa shape index (κ2) is 14.1. The molecule has 0 saturated carbocycles. The average molecular weight is 440 g/mol. The Hall–Kier alpha value is -0.910. The van der Waals surface area contributed by atoms with E-state index in [9.17, 15) is 4.79 Å². The summed E-state index contributed by atoms with van der Waals surface area (Å²) in [5.41, 5.74) is 5.84. The van der Waals surface area contributed by atoms with Crippen molar-refractivity contribution in [3.05, 3.63) is 0 Å². The highest BCUT2D eigenvalue weighted by Crippen LogP contribution is 2.04. The number of ether oxygens (including phenoxy) is 1. The van der Waals surface area contributed by atoms with Crippen LogP contribution in [-0.2, 0) is 30.3 Å². The number of hydrogen-bond acceptors (Lipinski definition) is 8. The van der Waals surface area contributed by atoms with E-state index in [0.29, 0.717) is 6.54 Å². The first-order valence-corrected chi connectivity index (χ1v) is 10.7. The lowest BCUT2D eigenvalue weighted by Crippen LogP contribution is -2.47. The van der Waals surface area contributed by atoms with Crippen molar-refractivity contribution < 1.29 is 44.6 Å². The Bertz CT molecular complexity index is 559. The molecule has 1 saturated heterocycles. The molecule has 0 aromatic rings. The molecule has 0 aliphatic carbocycles. The first kappa shape index (κ1) is 28.3. The minimum absolute atomic E-state index is 0.0346. The number of carbonyl (C=O) groups is 1. The maximum atomic E-state index is 11.7. The summed E-state index contributed by atoms with van der Waals surface area (Å²) in [6.45, 7) is 9.09. The molecule has 0 aromatic heterocycles. The minimum Gasteiger partial charge on any atom is -0.379 e. The summed E-state index contributed by atoms with van der Waals surface area (Å²) in [4.78, 5) is 14.0. The highest BCUT2D eigenvalue weighted by atomic mass is 32.3. The summed E-state index contributed by atoms with van der Waals surface area (Å²) < 4.78 is 68.4. The molecule has 15 heteroatoms. The first-order valence-electron chi connectivity index (χ1n) is 7.88.